The van der Waals surface area contributed by atoms with Crippen LogP contribution < -0.4 is 5.32 Å². The largest absolute Gasteiger partial charge is 0.466 e. The molecule has 0 bridgehead atoms. The zero-order valence-corrected chi connectivity index (χ0v) is 18.4. The fourth-order valence-corrected chi connectivity index (χ4v) is 3.75. The maximum absolute atomic E-state index is 12.7. The maximum Gasteiger partial charge on any atom is 0.308 e. The molecule has 0 saturated carbocycles. The number of hydrogen-bond acceptors (Lipinski definition) is 6. The van der Waals surface area contributed by atoms with Crippen molar-refractivity contribution in [1.29, 1.82) is 0 Å². The number of carbonyl (C=O) groups excluding carboxylic acids is 2. The smallest absolute Gasteiger partial charge is 0.308 e. The second-order valence-electron chi connectivity index (χ2n) is 7.55. The Hall–Kier alpha value is -4.53. The molecule has 34 heavy (non-hydrogen) atoms. The molecule has 1 aromatic heterocycles. The van der Waals surface area contributed by atoms with Crippen LogP contribution in [0.3, 0.4) is 0 Å². The van der Waals surface area contributed by atoms with E-state index in [2.05, 4.69) is 10.3 Å². The van der Waals surface area contributed by atoms with E-state index < -0.39 is 10.8 Å². The highest BCUT2D eigenvalue weighted by Crippen LogP contribution is 2.29. The molecule has 0 aliphatic carbocycles. The minimum Gasteiger partial charge on any atom is -0.466 e. The summed E-state index contributed by atoms with van der Waals surface area (Å²) in [5, 5.41) is 13.8. The minimum absolute atomic E-state index is 0.119. The summed E-state index contributed by atoms with van der Waals surface area (Å²) in [5.74, 6) is -0.798. The van der Waals surface area contributed by atoms with Crippen molar-refractivity contribution >= 4 is 34.3 Å². The summed E-state index contributed by atoms with van der Waals surface area (Å²) in [7, 11) is 0. The molecule has 0 aliphatic rings. The number of nitro groups is 1. The molecule has 4 aromatic rings. The first kappa shape index (κ1) is 22.7. The van der Waals surface area contributed by atoms with E-state index >= 15 is 0 Å². The van der Waals surface area contributed by atoms with Gasteiger partial charge in [-0.15, -0.1) is 0 Å². The molecule has 9 heteroatoms. The molecule has 0 radical (unpaired) electrons. The molecule has 0 saturated heterocycles. The van der Waals surface area contributed by atoms with Crippen molar-refractivity contribution in [1.82, 2.24) is 9.55 Å². The Morgan fingerprint density at radius 2 is 1.88 bits per heavy atom. The Balaban J connectivity index is 1.67. The van der Waals surface area contributed by atoms with Gasteiger partial charge in [-0.1, -0.05) is 36.4 Å². The van der Waals surface area contributed by atoms with Gasteiger partial charge < -0.3 is 14.6 Å². The lowest BCUT2D eigenvalue weighted by Crippen LogP contribution is -2.17. The van der Waals surface area contributed by atoms with Gasteiger partial charge in [-0.3, -0.25) is 19.7 Å². The number of aromatic nitrogens is 2. The van der Waals surface area contributed by atoms with Crippen LogP contribution in [0, 0.1) is 10.1 Å². The van der Waals surface area contributed by atoms with Gasteiger partial charge in [0.25, 0.3) is 11.6 Å². The number of carbonyl (C=O) groups is 2. The monoisotopic (exact) mass is 458 g/mol. The first-order valence-corrected chi connectivity index (χ1v) is 10.7. The van der Waals surface area contributed by atoms with Crippen LogP contribution >= 0.6 is 0 Å². The van der Waals surface area contributed by atoms with Gasteiger partial charge in [0.2, 0.25) is 0 Å². The van der Waals surface area contributed by atoms with Gasteiger partial charge in [0.05, 0.1) is 41.4 Å². The number of non-ortho nitro benzene ring substituents is 1. The van der Waals surface area contributed by atoms with Gasteiger partial charge in [-0.05, 0) is 36.8 Å². The number of nitro benzene ring substituents is 1. The van der Waals surface area contributed by atoms with E-state index in [-0.39, 0.29) is 29.7 Å². The first-order valence-electron chi connectivity index (χ1n) is 10.7. The molecule has 1 unspecified atom stereocenters. The fraction of sp³-hybridized carbons (Fsp3) is 0.160. The zero-order chi connectivity index (χ0) is 24.1. The normalized spacial score (nSPS) is 11.7. The Morgan fingerprint density at radius 3 is 2.62 bits per heavy atom. The number of amides is 1. The van der Waals surface area contributed by atoms with Gasteiger partial charge in [0.1, 0.15) is 0 Å². The van der Waals surface area contributed by atoms with Crippen molar-refractivity contribution in [3.63, 3.8) is 0 Å². The summed E-state index contributed by atoms with van der Waals surface area (Å²) in [6.07, 6.45) is 1.78. The molecule has 3 aromatic carbocycles. The molecule has 0 spiro atoms. The lowest BCUT2D eigenvalue weighted by atomic mass is 10.0. The summed E-state index contributed by atoms with van der Waals surface area (Å²) in [6.45, 7) is 2.05. The molecule has 1 atom stereocenters. The number of rotatable bonds is 8. The average molecular weight is 458 g/mol. The average Bonchev–Trinajstić information content (AvgIpc) is 3.26. The Kier molecular flexibility index (Phi) is 6.63. The molecule has 0 fully saturated rings. The van der Waals surface area contributed by atoms with Crippen LogP contribution in [-0.4, -0.2) is 33.0 Å². The standard InChI is InChI=1S/C25H22N4O5/c1-2-34-24(30)15-22(17-7-4-3-5-8-17)28-16-26-21-12-11-19(14-23(21)28)27-25(31)18-9-6-10-20(13-18)29(32)33/h3-14,16,22H,2,15H2,1H3,(H,27,31). The van der Waals surface area contributed by atoms with Crippen molar-refractivity contribution in [3.05, 3.63) is 100 Å². The Morgan fingerprint density at radius 1 is 1.09 bits per heavy atom. The molecular formula is C25H22N4O5. The van der Waals surface area contributed by atoms with Gasteiger partial charge in [0, 0.05) is 23.4 Å². The molecule has 4 rings (SSSR count). The zero-order valence-electron chi connectivity index (χ0n) is 18.4. The van der Waals surface area contributed by atoms with E-state index in [4.69, 9.17) is 4.74 Å². The Bertz CT molecular complexity index is 1350. The molecular weight excluding hydrogens is 436 g/mol. The van der Waals surface area contributed by atoms with Crippen molar-refractivity contribution in [2.24, 2.45) is 0 Å². The highest BCUT2D eigenvalue weighted by atomic mass is 16.6. The van der Waals surface area contributed by atoms with E-state index in [9.17, 15) is 19.7 Å². The molecule has 172 valence electrons. The summed E-state index contributed by atoms with van der Waals surface area (Å²) >= 11 is 0. The number of esters is 1. The lowest BCUT2D eigenvalue weighted by molar-refractivity contribution is -0.384. The molecule has 1 heterocycles. The predicted molar refractivity (Wildman–Crippen MR) is 127 cm³/mol. The highest BCUT2D eigenvalue weighted by Gasteiger charge is 2.21. The molecule has 1 N–H and O–H groups in total. The summed E-state index contributed by atoms with van der Waals surface area (Å²) in [5.41, 5.74) is 2.83. The summed E-state index contributed by atoms with van der Waals surface area (Å²) < 4.78 is 7.06. The van der Waals surface area contributed by atoms with Crippen LogP contribution in [-0.2, 0) is 9.53 Å². The topological polar surface area (TPSA) is 116 Å². The number of imidazole rings is 1. The van der Waals surface area contributed by atoms with Crippen LogP contribution in [0.25, 0.3) is 11.0 Å². The van der Waals surface area contributed by atoms with Gasteiger partial charge in [-0.2, -0.15) is 0 Å². The lowest BCUT2D eigenvalue weighted by Gasteiger charge is -2.19. The quantitative estimate of drug-likeness (QED) is 0.232. The van der Waals surface area contributed by atoms with E-state index in [0.29, 0.717) is 17.8 Å². The Labute approximate surface area is 195 Å². The molecule has 9 nitrogen and oxygen atoms in total. The van der Waals surface area contributed by atoms with E-state index in [1.807, 2.05) is 34.9 Å². The summed E-state index contributed by atoms with van der Waals surface area (Å²) in [4.78, 5) is 40.0. The van der Waals surface area contributed by atoms with Crippen molar-refractivity contribution in [2.45, 2.75) is 19.4 Å². The molecule has 1 amide bonds. The van der Waals surface area contributed by atoms with Crippen LogP contribution in [0.1, 0.15) is 35.3 Å². The van der Waals surface area contributed by atoms with Gasteiger partial charge in [-0.25, -0.2) is 4.98 Å². The van der Waals surface area contributed by atoms with Crippen LogP contribution in [0.2, 0.25) is 0 Å². The van der Waals surface area contributed by atoms with E-state index in [1.54, 1.807) is 31.5 Å². The third kappa shape index (κ3) is 4.93. The van der Waals surface area contributed by atoms with E-state index in [0.717, 1.165) is 11.1 Å². The second-order valence-corrected chi connectivity index (χ2v) is 7.55. The number of benzene rings is 3. The third-order valence-corrected chi connectivity index (χ3v) is 5.34. The van der Waals surface area contributed by atoms with Crippen molar-refractivity contribution in [3.8, 4) is 0 Å². The van der Waals surface area contributed by atoms with Crippen LogP contribution in [0.4, 0.5) is 11.4 Å². The van der Waals surface area contributed by atoms with Crippen LogP contribution in [0.15, 0.2) is 79.1 Å². The first-order chi connectivity index (χ1) is 16.5. The number of hydrogen-bond donors (Lipinski definition) is 1. The van der Waals surface area contributed by atoms with Gasteiger partial charge in [0.15, 0.2) is 0 Å². The van der Waals surface area contributed by atoms with Gasteiger partial charge >= 0.3 is 5.97 Å². The molecule has 0 aliphatic heterocycles. The minimum atomic E-state index is -0.547. The number of fused-ring (bicyclic) bond motifs is 1. The third-order valence-electron chi connectivity index (χ3n) is 5.34. The highest BCUT2D eigenvalue weighted by molar-refractivity contribution is 6.05. The number of ether oxygens (including phenoxy) is 1. The van der Waals surface area contributed by atoms with Crippen molar-refractivity contribution in [2.75, 3.05) is 11.9 Å². The number of anilines is 1. The maximum atomic E-state index is 12.7. The van der Waals surface area contributed by atoms with E-state index in [1.165, 1.54) is 24.3 Å². The summed E-state index contributed by atoms with van der Waals surface area (Å²) in [6, 6.07) is 20.0. The second kappa shape index (κ2) is 9.95. The fourth-order valence-electron chi connectivity index (χ4n) is 3.75. The number of nitrogens with one attached hydrogen (secondary N) is 1. The predicted octanol–water partition coefficient (Wildman–Crippen LogP) is 4.74. The van der Waals surface area contributed by atoms with Crippen molar-refractivity contribution < 1.29 is 19.2 Å². The number of nitrogens with zero attached hydrogens (tertiary/aromatic N) is 3. The van der Waals surface area contributed by atoms with Crippen LogP contribution in [0.5, 0.6) is 0 Å². The SMILES string of the molecule is CCOC(=O)CC(c1ccccc1)n1cnc2ccc(NC(=O)c3cccc([N+](=O)[O-])c3)cc21.